The van der Waals surface area contributed by atoms with E-state index in [4.69, 9.17) is 23.7 Å². The zero-order valence-electron chi connectivity index (χ0n) is 29.1. The largest absolute Gasteiger partial charge is 0.507 e. The van der Waals surface area contributed by atoms with Gasteiger partial charge >= 0.3 is 5.97 Å². The van der Waals surface area contributed by atoms with Crippen LogP contribution in [0.25, 0.3) is 0 Å². The van der Waals surface area contributed by atoms with Crippen molar-refractivity contribution >= 4 is 23.3 Å². The summed E-state index contributed by atoms with van der Waals surface area (Å²) in [5, 5.41) is 46.4. The van der Waals surface area contributed by atoms with Crippen LogP contribution >= 0.6 is 0 Å². The minimum Gasteiger partial charge on any atom is -0.507 e. The monoisotopic (exact) mass is 718 g/mol. The smallest absolute Gasteiger partial charge is 0.306 e. The molecule has 6 atom stereocenters. The van der Waals surface area contributed by atoms with Crippen LogP contribution in [0.5, 0.6) is 17.2 Å². The molecule has 1 aliphatic heterocycles. The van der Waals surface area contributed by atoms with Crippen molar-refractivity contribution in [3.05, 3.63) is 87.5 Å². The first-order valence-electron chi connectivity index (χ1n) is 17.3. The third kappa shape index (κ3) is 6.94. The molecule has 1 fully saturated rings. The lowest BCUT2D eigenvalue weighted by Gasteiger charge is -2.42. The normalized spacial score (nSPS) is 25.1. The number of aliphatic hydroxyl groups excluding tert-OH is 1. The number of carbonyl (C=O) groups excluding carboxylic acids is 4. The van der Waals surface area contributed by atoms with Crippen molar-refractivity contribution < 1.29 is 63.3 Å². The summed E-state index contributed by atoms with van der Waals surface area (Å²) in [4.78, 5) is 53.7. The number of ketones is 3. The molecule has 13 heteroatoms. The molecule has 13 nitrogen and oxygen atoms in total. The summed E-state index contributed by atoms with van der Waals surface area (Å²) in [6, 6.07) is 13.7. The van der Waals surface area contributed by atoms with E-state index in [2.05, 4.69) is 0 Å². The number of Topliss-reactive ketones (excluding diaryl/α,β-unsaturated/α-hetero) is 1. The molecule has 2 aliphatic carbocycles. The van der Waals surface area contributed by atoms with E-state index in [9.17, 15) is 39.6 Å². The molecule has 3 aromatic carbocycles. The molecule has 1 heterocycles. The van der Waals surface area contributed by atoms with Gasteiger partial charge in [0.25, 0.3) is 0 Å². The van der Waals surface area contributed by atoms with Gasteiger partial charge in [0, 0.05) is 42.4 Å². The standard InChI is InChI=1S/C39H42O13/c1-4-5-14-28(41)50-19-27(40)39(47)16-23-31(38(46)33-32(36(23)44)35(43)22-12-9-13-24(48-3)30(22)37(33)45)26(17-39)52-29-15-25(34(42)20(2)51-29)49-18-21-10-7-6-8-11-21/h6-13,20,25-26,29,34,42,44,46-47H,4-5,14-19H2,1-3H3/t20-,25-,26?,29-,34+,39-/m0/s1. The molecule has 0 amide bonds. The highest BCUT2D eigenvalue weighted by Crippen LogP contribution is 2.52. The molecule has 0 spiro atoms. The van der Waals surface area contributed by atoms with Crippen molar-refractivity contribution in [3.8, 4) is 17.2 Å². The molecule has 4 N–H and O–H groups in total. The number of benzene rings is 3. The van der Waals surface area contributed by atoms with Gasteiger partial charge in [0.15, 0.2) is 18.7 Å². The number of methoxy groups -OCH3 is 1. The number of carbonyl (C=O) groups is 4. The second-order valence-corrected chi connectivity index (χ2v) is 13.4. The summed E-state index contributed by atoms with van der Waals surface area (Å²) in [7, 11) is 1.33. The van der Waals surface area contributed by atoms with Gasteiger partial charge in [0.1, 0.15) is 29.0 Å². The van der Waals surface area contributed by atoms with Gasteiger partial charge < -0.3 is 44.1 Å². The third-order valence-electron chi connectivity index (χ3n) is 9.97. The average molecular weight is 719 g/mol. The highest BCUT2D eigenvalue weighted by Gasteiger charge is 2.50. The number of phenolic OH excluding ortho intramolecular Hbond substituents is 2. The number of fused-ring (bicyclic) bond motifs is 3. The second kappa shape index (κ2) is 15.1. The molecule has 52 heavy (non-hydrogen) atoms. The minimum absolute atomic E-state index is 0.00867. The van der Waals surface area contributed by atoms with E-state index in [0.29, 0.717) is 6.42 Å². The topological polar surface area (TPSA) is 195 Å². The van der Waals surface area contributed by atoms with Crippen molar-refractivity contribution in [1.29, 1.82) is 0 Å². The van der Waals surface area contributed by atoms with Gasteiger partial charge in [-0.2, -0.15) is 0 Å². The number of ether oxygens (including phenoxy) is 5. The predicted molar refractivity (Wildman–Crippen MR) is 182 cm³/mol. The van der Waals surface area contributed by atoms with Crippen LogP contribution in [0.1, 0.15) is 101 Å². The van der Waals surface area contributed by atoms with Crippen molar-refractivity contribution in [2.75, 3.05) is 13.7 Å². The Kier molecular flexibility index (Phi) is 10.8. The molecule has 0 saturated carbocycles. The molecule has 6 rings (SSSR count). The van der Waals surface area contributed by atoms with Crippen LogP contribution in [0.3, 0.4) is 0 Å². The Morgan fingerprint density at radius 2 is 1.71 bits per heavy atom. The first-order chi connectivity index (χ1) is 24.9. The molecule has 3 aliphatic rings. The number of rotatable bonds is 12. The predicted octanol–water partition coefficient (Wildman–Crippen LogP) is 4.00. The van der Waals surface area contributed by atoms with Gasteiger partial charge in [-0.1, -0.05) is 55.8 Å². The molecular weight excluding hydrogens is 676 g/mol. The Hall–Kier alpha value is -4.66. The second-order valence-electron chi connectivity index (χ2n) is 13.4. The SMILES string of the molecule is CCCCC(=O)OCC(=O)[C@]1(O)Cc2c(O)c3c(c(O)c2C(O[C@H]2C[C@H](OCc4ccccc4)[C@H](O)[C@H](C)O2)C1)C(=O)c1c(OC)cccc1C3=O. The van der Waals surface area contributed by atoms with Crippen LogP contribution in [0.4, 0.5) is 0 Å². The maximum atomic E-state index is 14.0. The Morgan fingerprint density at radius 3 is 2.42 bits per heavy atom. The third-order valence-corrected chi connectivity index (χ3v) is 9.97. The molecule has 3 aromatic rings. The van der Waals surface area contributed by atoms with E-state index in [-0.39, 0.29) is 47.5 Å². The van der Waals surface area contributed by atoms with Crippen LogP contribution in [0, 0.1) is 0 Å². The number of esters is 1. The first kappa shape index (κ1) is 37.1. The quantitative estimate of drug-likeness (QED) is 0.121. The van der Waals surface area contributed by atoms with Crippen LogP contribution in [-0.2, 0) is 41.6 Å². The molecule has 0 radical (unpaired) electrons. The van der Waals surface area contributed by atoms with Gasteiger partial charge in [-0.25, -0.2) is 0 Å². The zero-order chi connectivity index (χ0) is 37.3. The van der Waals surface area contributed by atoms with Crippen LogP contribution in [-0.4, -0.2) is 87.7 Å². The first-order valence-corrected chi connectivity index (χ1v) is 17.3. The van der Waals surface area contributed by atoms with Crippen LogP contribution < -0.4 is 4.74 Å². The lowest BCUT2D eigenvalue weighted by molar-refractivity contribution is -0.273. The van der Waals surface area contributed by atoms with E-state index < -0.39 is 102 Å². The van der Waals surface area contributed by atoms with Gasteiger partial charge in [-0.05, 0) is 25.0 Å². The molecule has 1 saturated heterocycles. The molecule has 0 bridgehead atoms. The Morgan fingerprint density at radius 1 is 0.981 bits per heavy atom. The van der Waals surface area contributed by atoms with Crippen molar-refractivity contribution in [2.45, 2.75) is 95.3 Å². The highest BCUT2D eigenvalue weighted by molar-refractivity contribution is 6.31. The Bertz CT molecular complexity index is 1870. The van der Waals surface area contributed by atoms with E-state index in [1.807, 2.05) is 37.3 Å². The van der Waals surface area contributed by atoms with Crippen LogP contribution in [0.15, 0.2) is 48.5 Å². The zero-order valence-corrected chi connectivity index (χ0v) is 29.1. The van der Waals surface area contributed by atoms with Gasteiger partial charge in [0.2, 0.25) is 11.6 Å². The molecule has 276 valence electrons. The number of aliphatic hydroxyl groups is 2. The fraction of sp³-hybridized carbons (Fsp3) is 0.436. The van der Waals surface area contributed by atoms with E-state index >= 15 is 0 Å². The minimum atomic E-state index is -2.31. The molecule has 1 unspecified atom stereocenters. The van der Waals surface area contributed by atoms with Crippen molar-refractivity contribution in [1.82, 2.24) is 0 Å². The summed E-state index contributed by atoms with van der Waals surface area (Å²) < 4.78 is 28.9. The summed E-state index contributed by atoms with van der Waals surface area (Å²) in [6.07, 6.45) is -4.90. The van der Waals surface area contributed by atoms with Gasteiger partial charge in [0.05, 0.1) is 48.7 Å². The molecule has 0 aromatic heterocycles. The van der Waals surface area contributed by atoms with Gasteiger partial charge in [-0.15, -0.1) is 0 Å². The molecular formula is C39H42O13. The number of aromatic hydroxyl groups is 2. The number of phenols is 2. The maximum absolute atomic E-state index is 14.0. The Labute approximate surface area is 300 Å². The maximum Gasteiger partial charge on any atom is 0.306 e. The van der Waals surface area contributed by atoms with Crippen LogP contribution in [0.2, 0.25) is 0 Å². The fourth-order valence-electron chi connectivity index (χ4n) is 7.14. The Balaban J connectivity index is 1.38. The van der Waals surface area contributed by atoms with E-state index in [1.54, 1.807) is 6.92 Å². The number of unbranched alkanes of at least 4 members (excludes halogenated alkanes) is 1. The lowest BCUT2D eigenvalue weighted by atomic mass is 9.72. The highest BCUT2D eigenvalue weighted by atomic mass is 16.7. The van der Waals surface area contributed by atoms with E-state index in [0.717, 1.165) is 12.0 Å². The van der Waals surface area contributed by atoms with Crippen molar-refractivity contribution in [2.24, 2.45) is 0 Å². The van der Waals surface area contributed by atoms with Crippen molar-refractivity contribution in [3.63, 3.8) is 0 Å². The summed E-state index contributed by atoms with van der Waals surface area (Å²) in [5.41, 5.74) is -2.91. The fourth-order valence-corrected chi connectivity index (χ4v) is 7.14. The number of hydrogen-bond donors (Lipinski definition) is 4. The lowest BCUT2D eigenvalue weighted by Crippen LogP contribution is -2.51. The van der Waals surface area contributed by atoms with Gasteiger partial charge in [-0.3, -0.25) is 19.2 Å². The van der Waals surface area contributed by atoms with E-state index in [1.165, 1.54) is 25.3 Å². The summed E-state index contributed by atoms with van der Waals surface area (Å²) >= 11 is 0. The summed E-state index contributed by atoms with van der Waals surface area (Å²) in [5.74, 6) is -4.39. The summed E-state index contributed by atoms with van der Waals surface area (Å²) in [6.45, 7) is 2.92. The average Bonchev–Trinajstić information content (AvgIpc) is 3.14. The number of hydrogen-bond acceptors (Lipinski definition) is 13.